The molecule has 3 atom stereocenters. The number of ether oxygens (including phenoxy) is 2. The van der Waals surface area contributed by atoms with Crippen molar-refractivity contribution in [3.8, 4) is 0 Å². The van der Waals surface area contributed by atoms with E-state index in [1.54, 1.807) is 44.7 Å². The lowest BCUT2D eigenvalue weighted by atomic mass is 9.94. The third kappa shape index (κ3) is 12.4. The van der Waals surface area contributed by atoms with Crippen LogP contribution in [-0.4, -0.2) is 59.6 Å². The van der Waals surface area contributed by atoms with Crippen molar-refractivity contribution in [1.29, 1.82) is 0 Å². The Labute approximate surface area is 246 Å². The van der Waals surface area contributed by atoms with Gasteiger partial charge in [-0.25, -0.2) is 4.79 Å². The van der Waals surface area contributed by atoms with E-state index >= 15 is 0 Å². The van der Waals surface area contributed by atoms with Gasteiger partial charge in [-0.3, -0.25) is 14.4 Å². The van der Waals surface area contributed by atoms with Crippen LogP contribution in [0.4, 0.5) is 4.79 Å². The van der Waals surface area contributed by atoms with Crippen LogP contribution < -0.4 is 10.6 Å². The van der Waals surface area contributed by atoms with Crippen molar-refractivity contribution < 1.29 is 28.7 Å². The first-order valence-electron chi connectivity index (χ1n) is 14.6. The van der Waals surface area contributed by atoms with Crippen molar-refractivity contribution in [3.05, 3.63) is 42.0 Å². The van der Waals surface area contributed by atoms with Gasteiger partial charge in [0.1, 0.15) is 17.7 Å². The maximum atomic E-state index is 14.4. The lowest BCUT2D eigenvalue weighted by Gasteiger charge is -2.39. The molecule has 0 aliphatic rings. The second kappa shape index (κ2) is 16.8. The first-order valence-corrected chi connectivity index (χ1v) is 14.6. The largest absolute Gasteiger partial charge is 0.466 e. The fraction of sp³-hybridized carbons (Fsp3) is 0.625. The van der Waals surface area contributed by atoms with Crippen LogP contribution in [0.2, 0.25) is 0 Å². The van der Waals surface area contributed by atoms with Crippen molar-refractivity contribution in [1.82, 2.24) is 15.5 Å². The normalized spacial score (nSPS) is 13.6. The molecule has 230 valence electrons. The van der Waals surface area contributed by atoms with Crippen LogP contribution in [0, 0.1) is 11.8 Å². The van der Waals surface area contributed by atoms with Crippen LogP contribution in [0.5, 0.6) is 0 Å². The molecule has 0 aliphatic carbocycles. The van der Waals surface area contributed by atoms with Gasteiger partial charge < -0.3 is 25.0 Å². The zero-order valence-corrected chi connectivity index (χ0v) is 26.4. The second-order valence-corrected chi connectivity index (χ2v) is 12.1. The number of hydrogen-bond acceptors (Lipinski definition) is 6. The standard InChI is InChI=1S/C32H51N3O6/c1-11-24-14-13-15-25(20-24)28(29(37)33-19-18-26(36)40-12-2)35(23(7)17-16-21(3)4)30(38)27(22(5)6)34-31(39)41-32(8,9)10/h11,13-15,20-23,27-28H,1,12,16-19H2,2-10H3,(H,33,37)(H,34,39). The predicted octanol–water partition coefficient (Wildman–Crippen LogP) is 5.64. The molecule has 0 aromatic heterocycles. The highest BCUT2D eigenvalue weighted by Crippen LogP contribution is 2.29. The minimum Gasteiger partial charge on any atom is -0.466 e. The minimum atomic E-state index is -1.02. The molecular weight excluding hydrogens is 522 g/mol. The third-order valence-electron chi connectivity index (χ3n) is 6.42. The molecule has 2 N–H and O–H groups in total. The number of amides is 3. The minimum absolute atomic E-state index is 0.00463. The van der Waals surface area contributed by atoms with E-state index in [9.17, 15) is 19.2 Å². The maximum absolute atomic E-state index is 14.4. The summed E-state index contributed by atoms with van der Waals surface area (Å²) in [5.74, 6) is -1.15. The molecule has 0 saturated carbocycles. The molecule has 1 rings (SSSR count). The Morgan fingerprint density at radius 1 is 1.05 bits per heavy atom. The number of alkyl carbamates (subject to hydrolysis) is 1. The molecule has 0 heterocycles. The molecule has 0 fully saturated rings. The topological polar surface area (TPSA) is 114 Å². The maximum Gasteiger partial charge on any atom is 0.408 e. The van der Waals surface area contributed by atoms with Crippen LogP contribution in [0.1, 0.15) is 98.7 Å². The van der Waals surface area contributed by atoms with E-state index < -0.39 is 41.6 Å². The second-order valence-electron chi connectivity index (χ2n) is 12.1. The van der Waals surface area contributed by atoms with E-state index in [1.165, 1.54) is 0 Å². The summed E-state index contributed by atoms with van der Waals surface area (Å²) in [7, 11) is 0. The van der Waals surface area contributed by atoms with E-state index in [0.717, 1.165) is 12.0 Å². The molecule has 0 aliphatic heterocycles. The molecule has 9 nitrogen and oxygen atoms in total. The molecule has 1 aromatic carbocycles. The van der Waals surface area contributed by atoms with Crippen molar-refractivity contribution in [2.75, 3.05) is 13.2 Å². The molecular formula is C32H51N3O6. The number of rotatable bonds is 15. The van der Waals surface area contributed by atoms with Crippen LogP contribution in [0.25, 0.3) is 6.08 Å². The molecule has 3 amide bonds. The van der Waals surface area contributed by atoms with Crippen molar-refractivity contribution in [2.24, 2.45) is 11.8 Å². The number of carbonyl (C=O) groups is 4. The third-order valence-corrected chi connectivity index (χ3v) is 6.42. The van der Waals surface area contributed by atoms with Gasteiger partial charge in [0.15, 0.2) is 0 Å². The first kappa shape index (κ1) is 35.7. The molecule has 3 unspecified atom stereocenters. The molecule has 0 saturated heterocycles. The number of carbonyl (C=O) groups excluding carboxylic acids is 4. The summed E-state index contributed by atoms with van der Waals surface area (Å²) in [4.78, 5) is 54.5. The molecule has 41 heavy (non-hydrogen) atoms. The lowest BCUT2D eigenvalue weighted by Crippen LogP contribution is -2.57. The van der Waals surface area contributed by atoms with E-state index in [0.29, 0.717) is 17.9 Å². The van der Waals surface area contributed by atoms with Gasteiger partial charge in [-0.15, -0.1) is 0 Å². The van der Waals surface area contributed by atoms with Gasteiger partial charge in [-0.1, -0.05) is 58.5 Å². The average molecular weight is 574 g/mol. The quantitative estimate of drug-likeness (QED) is 0.263. The van der Waals surface area contributed by atoms with Gasteiger partial charge in [0, 0.05) is 12.6 Å². The number of benzene rings is 1. The summed E-state index contributed by atoms with van der Waals surface area (Å²) in [5, 5.41) is 5.58. The fourth-order valence-electron chi connectivity index (χ4n) is 4.33. The molecule has 0 radical (unpaired) electrons. The number of nitrogens with one attached hydrogen (secondary N) is 2. The Morgan fingerprint density at radius 3 is 2.24 bits per heavy atom. The van der Waals surface area contributed by atoms with Crippen LogP contribution in [-0.2, 0) is 23.9 Å². The van der Waals surface area contributed by atoms with E-state index in [-0.39, 0.29) is 31.5 Å². The van der Waals surface area contributed by atoms with Gasteiger partial charge in [-0.05, 0) is 76.5 Å². The van der Waals surface area contributed by atoms with E-state index in [2.05, 4.69) is 31.1 Å². The SMILES string of the molecule is C=Cc1cccc(C(C(=O)NCCC(=O)OCC)N(C(=O)C(NC(=O)OC(C)(C)C)C(C)C)C(C)CCC(C)C)c1. The zero-order chi connectivity index (χ0) is 31.3. The molecule has 0 bridgehead atoms. The Balaban J connectivity index is 3.60. The Morgan fingerprint density at radius 2 is 1.71 bits per heavy atom. The van der Waals surface area contributed by atoms with Crippen molar-refractivity contribution >= 4 is 30.0 Å². The lowest BCUT2D eigenvalue weighted by molar-refractivity contribution is -0.146. The first-order chi connectivity index (χ1) is 19.1. The van der Waals surface area contributed by atoms with Crippen LogP contribution in [0.15, 0.2) is 30.8 Å². The van der Waals surface area contributed by atoms with Gasteiger partial charge >= 0.3 is 12.1 Å². The van der Waals surface area contributed by atoms with E-state index in [1.807, 2.05) is 39.0 Å². The van der Waals surface area contributed by atoms with Gasteiger partial charge in [0.2, 0.25) is 11.8 Å². The fourth-order valence-corrected chi connectivity index (χ4v) is 4.33. The van der Waals surface area contributed by atoms with Gasteiger partial charge in [0.25, 0.3) is 0 Å². The zero-order valence-electron chi connectivity index (χ0n) is 26.4. The average Bonchev–Trinajstić information content (AvgIpc) is 2.87. The highest BCUT2D eigenvalue weighted by molar-refractivity contribution is 5.92. The number of nitrogens with zero attached hydrogens (tertiary/aromatic N) is 1. The summed E-state index contributed by atoms with van der Waals surface area (Å²) in [6.45, 7) is 20.9. The number of hydrogen-bond donors (Lipinski definition) is 2. The van der Waals surface area contributed by atoms with Crippen LogP contribution >= 0.6 is 0 Å². The summed E-state index contributed by atoms with van der Waals surface area (Å²) < 4.78 is 10.4. The van der Waals surface area contributed by atoms with Gasteiger partial charge in [0.05, 0.1) is 13.0 Å². The monoisotopic (exact) mass is 573 g/mol. The van der Waals surface area contributed by atoms with Crippen LogP contribution in [0.3, 0.4) is 0 Å². The van der Waals surface area contributed by atoms with E-state index in [4.69, 9.17) is 9.47 Å². The summed E-state index contributed by atoms with van der Waals surface area (Å²) >= 11 is 0. The Kier molecular flexibility index (Phi) is 14.6. The Bertz CT molecular complexity index is 1030. The number of esters is 1. The summed E-state index contributed by atoms with van der Waals surface area (Å²) in [5.41, 5.74) is 0.646. The van der Waals surface area contributed by atoms with Crippen molar-refractivity contribution in [2.45, 2.75) is 105 Å². The summed E-state index contributed by atoms with van der Waals surface area (Å²) in [6.07, 6.45) is 2.46. The predicted molar refractivity (Wildman–Crippen MR) is 162 cm³/mol. The molecule has 9 heteroatoms. The Hall–Kier alpha value is -3.36. The molecule has 0 spiro atoms. The van der Waals surface area contributed by atoms with Crippen molar-refractivity contribution in [3.63, 3.8) is 0 Å². The van der Waals surface area contributed by atoms with Gasteiger partial charge in [-0.2, -0.15) is 0 Å². The smallest absolute Gasteiger partial charge is 0.408 e. The summed E-state index contributed by atoms with van der Waals surface area (Å²) in [6, 6.07) is 4.98. The highest BCUT2D eigenvalue weighted by Gasteiger charge is 2.40. The molecule has 1 aromatic rings. The highest BCUT2D eigenvalue weighted by atomic mass is 16.6.